The van der Waals surface area contributed by atoms with Crippen LogP contribution in [0.3, 0.4) is 0 Å². The molecule has 0 atom stereocenters. The van der Waals surface area contributed by atoms with E-state index in [-0.39, 0.29) is 10.3 Å². The number of halogens is 2. The molecule has 0 aromatic heterocycles. The molecule has 0 aliphatic heterocycles. The van der Waals surface area contributed by atoms with Crippen molar-refractivity contribution < 1.29 is 12.8 Å². The molecule has 0 saturated heterocycles. The van der Waals surface area contributed by atoms with E-state index in [2.05, 4.69) is 20.7 Å². The first-order valence-electron chi connectivity index (χ1n) is 6.62. The second-order valence-corrected chi connectivity index (χ2v) is 7.37. The zero-order valence-corrected chi connectivity index (χ0v) is 14.4. The Morgan fingerprint density at radius 1 is 1.30 bits per heavy atom. The highest BCUT2D eigenvalue weighted by atomic mass is 79.9. The molecule has 0 fully saturated rings. The average Bonchev–Trinajstić information content (AvgIpc) is 2.40. The van der Waals surface area contributed by atoms with Crippen molar-refractivity contribution >= 4 is 26.0 Å². The Kier molecular flexibility index (Phi) is 6.16. The Balaban J connectivity index is 2.96. The number of hydrogen-bond donors (Lipinski definition) is 1. The maximum Gasteiger partial charge on any atom is 0.240 e. The van der Waals surface area contributed by atoms with Gasteiger partial charge in [-0.15, -0.1) is 0 Å². The standard InChI is InChI=1S/C14H21BrFNO2S/c1-4-14(5-2,9-15)10-17-20(18,19)13-7-6-12(16)8-11(13)3/h6-8,17H,4-5,9-10H2,1-3H3. The van der Waals surface area contributed by atoms with Crippen molar-refractivity contribution in [1.29, 1.82) is 0 Å². The van der Waals surface area contributed by atoms with Gasteiger partial charge in [0.05, 0.1) is 4.90 Å². The summed E-state index contributed by atoms with van der Waals surface area (Å²) in [6.07, 6.45) is 1.75. The number of hydrogen-bond acceptors (Lipinski definition) is 2. The van der Waals surface area contributed by atoms with Gasteiger partial charge in [0.25, 0.3) is 0 Å². The van der Waals surface area contributed by atoms with Crippen LogP contribution in [0.25, 0.3) is 0 Å². The van der Waals surface area contributed by atoms with Gasteiger partial charge >= 0.3 is 0 Å². The van der Waals surface area contributed by atoms with E-state index in [4.69, 9.17) is 0 Å². The number of benzene rings is 1. The van der Waals surface area contributed by atoms with Crippen LogP contribution in [0.1, 0.15) is 32.3 Å². The summed E-state index contributed by atoms with van der Waals surface area (Å²) in [5.74, 6) is -0.432. The summed E-state index contributed by atoms with van der Waals surface area (Å²) in [7, 11) is -3.61. The van der Waals surface area contributed by atoms with Gasteiger partial charge in [-0.2, -0.15) is 0 Å². The van der Waals surface area contributed by atoms with E-state index < -0.39 is 15.8 Å². The lowest BCUT2D eigenvalue weighted by Crippen LogP contribution is -2.38. The summed E-state index contributed by atoms with van der Waals surface area (Å²) in [6.45, 7) is 6.05. The summed E-state index contributed by atoms with van der Waals surface area (Å²) >= 11 is 3.46. The van der Waals surface area contributed by atoms with Gasteiger partial charge in [0, 0.05) is 11.9 Å². The molecular weight excluding hydrogens is 345 g/mol. The maximum atomic E-state index is 13.1. The fraction of sp³-hybridized carbons (Fsp3) is 0.571. The van der Waals surface area contributed by atoms with Crippen LogP contribution in [0.5, 0.6) is 0 Å². The van der Waals surface area contributed by atoms with Gasteiger partial charge in [-0.25, -0.2) is 17.5 Å². The fourth-order valence-corrected chi connectivity index (χ4v) is 4.35. The third-order valence-corrected chi connectivity index (χ3v) is 6.60. The highest BCUT2D eigenvalue weighted by Gasteiger charge is 2.28. The zero-order valence-electron chi connectivity index (χ0n) is 12.0. The maximum absolute atomic E-state index is 13.1. The quantitative estimate of drug-likeness (QED) is 0.750. The lowest BCUT2D eigenvalue weighted by molar-refractivity contribution is 0.309. The smallest absolute Gasteiger partial charge is 0.211 e. The fourth-order valence-electron chi connectivity index (χ4n) is 1.98. The summed E-state index contributed by atoms with van der Waals surface area (Å²) in [6, 6.07) is 3.70. The van der Waals surface area contributed by atoms with Gasteiger partial charge in [-0.1, -0.05) is 29.8 Å². The molecule has 0 spiro atoms. The Morgan fingerprint density at radius 3 is 2.35 bits per heavy atom. The zero-order chi connectivity index (χ0) is 15.4. The first-order chi connectivity index (χ1) is 9.30. The molecule has 0 aliphatic rings. The lowest BCUT2D eigenvalue weighted by atomic mass is 9.85. The van der Waals surface area contributed by atoms with Crippen molar-refractivity contribution in [1.82, 2.24) is 4.72 Å². The molecule has 0 amide bonds. The molecule has 0 bridgehead atoms. The summed E-state index contributed by atoms with van der Waals surface area (Å²) in [5, 5.41) is 0.734. The van der Waals surface area contributed by atoms with Crippen molar-refractivity contribution in [2.75, 3.05) is 11.9 Å². The second kappa shape index (κ2) is 7.00. The van der Waals surface area contributed by atoms with Crippen molar-refractivity contribution in [2.45, 2.75) is 38.5 Å². The van der Waals surface area contributed by atoms with Crippen LogP contribution in [-0.2, 0) is 10.0 Å². The molecule has 1 aromatic carbocycles. The van der Waals surface area contributed by atoms with Gasteiger partial charge in [0.2, 0.25) is 10.0 Å². The van der Waals surface area contributed by atoms with E-state index in [1.165, 1.54) is 18.2 Å². The molecule has 0 unspecified atom stereocenters. The monoisotopic (exact) mass is 365 g/mol. The van der Waals surface area contributed by atoms with E-state index in [1.807, 2.05) is 13.8 Å². The van der Waals surface area contributed by atoms with Crippen molar-refractivity contribution in [3.8, 4) is 0 Å². The van der Waals surface area contributed by atoms with Crippen LogP contribution < -0.4 is 4.72 Å². The van der Waals surface area contributed by atoms with E-state index in [0.29, 0.717) is 12.1 Å². The minimum Gasteiger partial charge on any atom is -0.211 e. The van der Waals surface area contributed by atoms with Gasteiger partial charge in [0.1, 0.15) is 5.82 Å². The first-order valence-corrected chi connectivity index (χ1v) is 9.22. The molecule has 0 heterocycles. The van der Waals surface area contributed by atoms with Crippen LogP contribution in [0.2, 0.25) is 0 Å². The van der Waals surface area contributed by atoms with Crippen LogP contribution in [-0.4, -0.2) is 20.3 Å². The number of aryl methyl sites for hydroxylation is 1. The van der Waals surface area contributed by atoms with Gasteiger partial charge in [-0.3, -0.25) is 0 Å². The lowest BCUT2D eigenvalue weighted by Gasteiger charge is -2.29. The van der Waals surface area contributed by atoms with Crippen LogP contribution in [0, 0.1) is 18.2 Å². The second-order valence-electron chi connectivity index (χ2n) is 5.08. The summed E-state index contributed by atoms with van der Waals surface area (Å²) < 4.78 is 40.3. The molecule has 1 aromatic rings. The van der Waals surface area contributed by atoms with Crippen LogP contribution in [0.4, 0.5) is 4.39 Å². The minimum atomic E-state index is -3.61. The summed E-state index contributed by atoms with van der Waals surface area (Å²) in [4.78, 5) is 0.134. The molecule has 1 rings (SSSR count). The SMILES string of the molecule is CCC(CC)(CBr)CNS(=O)(=O)c1ccc(F)cc1C. The molecule has 114 valence electrons. The topological polar surface area (TPSA) is 46.2 Å². The molecule has 3 nitrogen and oxygen atoms in total. The predicted octanol–water partition coefficient (Wildman–Crippen LogP) is 3.61. The number of rotatable bonds is 7. The van der Waals surface area contributed by atoms with Gasteiger partial charge in [-0.05, 0) is 48.9 Å². The molecular formula is C14H21BrFNO2S. The molecule has 0 saturated carbocycles. The largest absolute Gasteiger partial charge is 0.240 e. The minimum absolute atomic E-state index is 0.0962. The van der Waals surface area contributed by atoms with Gasteiger partial charge in [0.15, 0.2) is 0 Å². The highest BCUT2D eigenvalue weighted by Crippen LogP contribution is 2.28. The Labute approximate surface area is 129 Å². The molecule has 0 aliphatic carbocycles. The van der Waals surface area contributed by atoms with Crippen molar-refractivity contribution in [3.63, 3.8) is 0 Å². The molecule has 20 heavy (non-hydrogen) atoms. The van der Waals surface area contributed by atoms with Gasteiger partial charge < -0.3 is 0 Å². The highest BCUT2D eigenvalue weighted by molar-refractivity contribution is 9.09. The van der Waals surface area contributed by atoms with E-state index in [1.54, 1.807) is 6.92 Å². The van der Waals surface area contributed by atoms with Crippen molar-refractivity contribution in [2.24, 2.45) is 5.41 Å². The predicted molar refractivity (Wildman–Crippen MR) is 83.1 cm³/mol. The Morgan fingerprint density at radius 2 is 1.90 bits per heavy atom. The van der Waals surface area contributed by atoms with Crippen LogP contribution >= 0.6 is 15.9 Å². The van der Waals surface area contributed by atoms with Crippen LogP contribution in [0.15, 0.2) is 23.1 Å². The number of alkyl halides is 1. The normalized spacial score (nSPS) is 12.7. The molecule has 1 N–H and O–H groups in total. The number of nitrogens with one attached hydrogen (secondary N) is 1. The van der Waals surface area contributed by atoms with E-state index in [0.717, 1.165) is 18.2 Å². The third-order valence-electron chi connectivity index (χ3n) is 3.85. The van der Waals surface area contributed by atoms with E-state index >= 15 is 0 Å². The Hall–Kier alpha value is -0.460. The Bertz CT molecular complexity index is 548. The van der Waals surface area contributed by atoms with E-state index in [9.17, 15) is 12.8 Å². The molecule has 6 heteroatoms. The molecule has 0 radical (unpaired) electrons. The number of sulfonamides is 1. The summed E-state index contributed by atoms with van der Waals surface area (Å²) in [5.41, 5.74) is 0.316. The van der Waals surface area contributed by atoms with Crippen molar-refractivity contribution in [3.05, 3.63) is 29.6 Å². The third kappa shape index (κ3) is 4.02. The average molecular weight is 366 g/mol. The first kappa shape index (κ1) is 17.6.